The Hall–Kier alpha value is -3.01. The molecule has 0 spiro atoms. The highest BCUT2D eigenvalue weighted by Crippen LogP contribution is 2.28. The van der Waals surface area contributed by atoms with Crippen LogP contribution in [0.25, 0.3) is 22.4 Å². The number of carbonyl (C=O) groups is 1. The molecular weight excluding hydrogens is 496 g/mol. The van der Waals surface area contributed by atoms with Crippen LogP contribution in [-0.2, 0) is 34.3 Å². The number of hydrogen-bond donors (Lipinski definition) is 1. The Morgan fingerprint density at radius 1 is 1.23 bits per heavy atom. The third kappa shape index (κ3) is 6.96. The van der Waals surface area contributed by atoms with Crippen LogP contribution < -0.4 is 5.56 Å². The zero-order chi connectivity index (χ0) is 28.3. The molecule has 0 bridgehead atoms. The number of aliphatic hydroxyl groups excluding tert-OH is 1. The molecule has 0 amide bonds. The van der Waals surface area contributed by atoms with Crippen LogP contribution in [0, 0.1) is 18.8 Å². The summed E-state index contributed by atoms with van der Waals surface area (Å²) in [5.74, 6) is 0.0952. The van der Waals surface area contributed by atoms with Gasteiger partial charge in [-0.05, 0) is 63.4 Å². The van der Waals surface area contributed by atoms with Crippen LogP contribution in [0.2, 0.25) is 0 Å². The Labute approximate surface area is 230 Å². The van der Waals surface area contributed by atoms with E-state index in [4.69, 9.17) is 14.5 Å². The van der Waals surface area contributed by atoms with E-state index in [1.807, 2.05) is 33.0 Å². The van der Waals surface area contributed by atoms with Gasteiger partial charge in [-0.2, -0.15) is 0 Å². The Balaban J connectivity index is 1.65. The first-order valence-electron chi connectivity index (χ1n) is 13.8. The van der Waals surface area contributed by atoms with Gasteiger partial charge in [0.1, 0.15) is 5.82 Å². The molecule has 3 aromatic rings. The fraction of sp³-hybridized carbons (Fsp3) is 0.567. The molecule has 9 heteroatoms. The molecule has 9 nitrogen and oxygen atoms in total. The van der Waals surface area contributed by atoms with Crippen LogP contribution in [0.5, 0.6) is 0 Å². The van der Waals surface area contributed by atoms with Crippen molar-refractivity contribution in [3.8, 4) is 11.4 Å². The minimum atomic E-state index is -0.791. The molecule has 1 saturated heterocycles. The average molecular weight is 539 g/mol. The van der Waals surface area contributed by atoms with Crippen LogP contribution in [0.15, 0.2) is 35.3 Å². The highest BCUT2D eigenvalue weighted by atomic mass is 16.5. The topological polar surface area (TPSA) is 98.8 Å². The molecule has 1 aromatic carbocycles. The number of esters is 1. The maximum atomic E-state index is 12.6. The predicted molar refractivity (Wildman–Crippen MR) is 152 cm³/mol. The maximum Gasteiger partial charge on any atom is 0.311 e. The first-order chi connectivity index (χ1) is 18.5. The predicted octanol–water partition coefficient (Wildman–Crippen LogP) is 3.17. The highest BCUT2D eigenvalue weighted by Gasteiger charge is 2.26. The van der Waals surface area contributed by atoms with Crippen molar-refractivity contribution in [1.29, 1.82) is 0 Å². The molecule has 1 aliphatic rings. The molecule has 1 fully saturated rings. The lowest BCUT2D eigenvalue weighted by Crippen LogP contribution is -2.42. The van der Waals surface area contributed by atoms with Gasteiger partial charge >= 0.3 is 5.97 Å². The normalized spacial score (nSPS) is 18.0. The van der Waals surface area contributed by atoms with Crippen molar-refractivity contribution in [2.75, 3.05) is 33.4 Å². The number of aromatic nitrogens is 3. The summed E-state index contributed by atoms with van der Waals surface area (Å²) in [5.41, 5.74) is 4.37. The monoisotopic (exact) mass is 538 g/mol. The molecule has 3 atom stereocenters. The van der Waals surface area contributed by atoms with Crippen LogP contribution in [-0.4, -0.2) is 75.7 Å². The Morgan fingerprint density at radius 2 is 2.00 bits per heavy atom. The SMILES string of the molecule is Cc1cc(-c2nc3cc(CC[C@H](C(=O)OCC(C)C)[C@@H](C)O)ccc3n2CC2CN(C)CCO2)cn(C)c1=O. The van der Waals surface area contributed by atoms with Crippen molar-refractivity contribution in [1.82, 2.24) is 19.0 Å². The van der Waals surface area contributed by atoms with Crippen molar-refractivity contribution in [2.24, 2.45) is 18.9 Å². The van der Waals surface area contributed by atoms with Gasteiger partial charge in [0, 0.05) is 37.5 Å². The average Bonchev–Trinajstić information content (AvgIpc) is 3.23. The Morgan fingerprint density at radius 3 is 2.67 bits per heavy atom. The van der Waals surface area contributed by atoms with Crippen LogP contribution in [0.1, 0.15) is 38.3 Å². The Bertz CT molecular complexity index is 1330. The van der Waals surface area contributed by atoms with Crippen molar-refractivity contribution in [3.63, 3.8) is 0 Å². The molecule has 1 aliphatic heterocycles. The van der Waals surface area contributed by atoms with E-state index in [0.29, 0.717) is 38.2 Å². The summed E-state index contributed by atoms with van der Waals surface area (Å²) in [7, 11) is 3.86. The lowest BCUT2D eigenvalue weighted by molar-refractivity contribution is -0.153. The summed E-state index contributed by atoms with van der Waals surface area (Å²) >= 11 is 0. The van der Waals surface area contributed by atoms with E-state index < -0.39 is 12.0 Å². The fourth-order valence-electron chi connectivity index (χ4n) is 5.15. The van der Waals surface area contributed by atoms with Gasteiger partial charge in [-0.1, -0.05) is 19.9 Å². The van der Waals surface area contributed by atoms with E-state index in [2.05, 4.69) is 34.7 Å². The number of morpholine rings is 1. The quantitative estimate of drug-likeness (QED) is 0.396. The zero-order valence-electron chi connectivity index (χ0n) is 24.0. The molecule has 212 valence electrons. The second-order valence-corrected chi connectivity index (χ2v) is 11.4. The van der Waals surface area contributed by atoms with Gasteiger partial charge in [0.25, 0.3) is 5.56 Å². The fourth-order valence-corrected chi connectivity index (χ4v) is 5.15. The molecule has 1 unspecified atom stereocenters. The molecular formula is C30H42N4O5. The molecule has 2 aromatic heterocycles. The molecule has 0 saturated carbocycles. The highest BCUT2D eigenvalue weighted by molar-refractivity contribution is 5.81. The molecule has 4 rings (SSSR count). The molecule has 1 N–H and O–H groups in total. The molecule has 39 heavy (non-hydrogen) atoms. The second-order valence-electron chi connectivity index (χ2n) is 11.4. The third-order valence-corrected chi connectivity index (χ3v) is 7.35. The Kier molecular flexibility index (Phi) is 9.25. The second kappa shape index (κ2) is 12.4. The summed E-state index contributed by atoms with van der Waals surface area (Å²) in [6.45, 7) is 10.9. The molecule has 3 heterocycles. The van der Waals surface area contributed by atoms with Crippen molar-refractivity contribution in [3.05, 3.63) is 51.9 Å². The van der Waals surface area contributed by atoms with Gasteiger partial charge in [-0.3, -0.25) is 9.59 Å². The van der Waals surface area contributed by atoms with Gasteiger partial charge in [0.2, 0.25) is 0 Å². The van der Waals surface area contributed by atoms with Crippen molar-refractivity contribution in [2.45, 2.75) is 59.3 Å². The summed E-state index contributed by atoms with van der Waals surface area (Å²) in [6.07, 6.45) is 2.16. The smallest absolute Gasteiger partial charge is 0.311 e. The number of nitrogens with zero attached hydrogens (tertiary/aromatic N) is 4. The first kappa shape index (κ1) is 29.0. The number of aryl methyl sites for hydroxylation is 3. The number of pyridine rings is 1. The number of rotatable bonds is 10. The number of ether oxygens (including phenoxy) is 2. The number of benzene rings is 1. The van der Waals surface area contributed by atoms with E-state index in [9.17, 15) is 14.7 Å². The van der Waals surface area contributed by atoms with E-state index in [0.717, 1.165) is 41.1 Å². The van der Waals surface area contributed by atoms with E-state index in [1.54, 1.807) is 18.5 Å². The maximum absolute atomic E-state index is 12.6. The number of aliphatic hydroxyl groups is 1. The zero-order valence-corrected chi connectivity index (χ0v) is 24.0. The van der Waals surface area contributed by atoms with Gasteiger partial charge in [-0.15, -0.1) is 0 Å². The number of likely N-dealkylation sites (N-methyl/N-ethyl adjacent to an activating group) is 1. The standard InChI is InChI=1S/C30H42N4O5/c1-19(2)18-39-30(37)25(21(4)35)9-7-22-8-10-27-26(14-22)31-28(23-13-20(3)29(36)33(6)15-23)34(27)17-24-16-32(5)11-12-38-24/h8,10,13-15,19,21,24-25,35H,7,9,11-12,16-18H2,1-6H3/t21-,24?,25+/m1/s1. The summed E-state index contributed by atoms with van der Waals surface area (Å²) in [5, 5.41) is 10.2. The van der Waals surface area contributed by atoms with Crippen molar-refractivity contribution >= 4 is 17.0 Å². The lowest BCUT2D eigenvalue weighted by Gasteiger charge is -2.30. The largest absolute Gasteiger partial charge is 0.465 e. The molecule has 0 radical (unpaired) electrons. The van der Waals surface area contributed by atoms with Crippen LogP contribution in [0.4, 0.5) is 0 Å². The lowest BCUT2D eigenvalue weighted by atomic mass is 9.95. The minimum Gasteiger partial charge on any atom is -0.465 e. The van der Waals surface area contributed by atoms with E-state index >= 15 is 0 Å². The summed E-state index contributed by atoms with van der Waals surface area (Å²) in [4.78, 5) is 32.2. The van der Waals surface area contributed by atoms with E-state index in [-0.39, 0.29) is 23.6 Å². The third-order valence-electron chi connectivity index (χ3n) is 7.35. The van der Waals surface area contributed by atoms with Crippen molar-refractivity contribution < 1.29 is 19.4 Å². The number of hydrogen-bond acceptors (Lipinski definition) is 7. The number of fused-ring (bicyclic) bond motifs is 1. The first-order valence-corrected chi connectivity index (χ1v) is 13.8. The van der Waals surface area contributed by atoms with Gasteiger partial charge in [0.15, 0.2) is 0 Å². The minimum absolute atomic E-state index is 0.0249. The van der Waals surface area contributed by atoms with Gasteiger partial charge in [-0.25, -0.2) is 4.98 Å². The van der Waals surface area contributed by atoms with Crippen LogP contribution >= 0.6 is 0 Å². The number of carbonyl (C=O) groups excluding carboxylic acids is 1. The number of imidazole rings is 1. The van der Waals surface area contributed by atoms with Gasteiger partial charge < -0.3 is 28.6 Å². The summed E-state index contributed by atoms with van der Waals surface area (Å²) < 4.78 is 15.3. The molecule has 0 aliphatic carbocycles. The summed E-state index contributed by atoms with van der Waals surface area (Å²) in [6, 6.07) is 8.07. The van der Waals surface area contributed by atoms with E-state index in [1.165, 1.54) is 0 Å². The van der Waals surface area contributed by atoms with Crippen LogP contribution in [0.3, 0.4) is 0 Å². The van der Waals surface area contributed by atoms with Gasteiger partial charge in [0.05, 0.1) is 48.9 Å².